The Morgan fingerprint density at radius 2 is 1.84 bits per heavy atom. The van der Waals surface area contributed by atoms with E-state index in [0.29, 0.717) is 43.4 Å². The van der Waals surface area contributed by atoms with Gasteiger partial charge in [0.25, 0.3) is 0 Å². The summed E-state index contributed by atoms with van der Waals surface area (Å²) in [5.74, 6) is 0.713. The monoisotopic (exact) mass is 347 g/mol. The molecule has 2 aliphatic rings. The van der Waals surface area contributed by atoms with Gasteiger partial charge in [-0.25, -0.2) is 0 Å². The van der Waals surface area contributed by atoms with Gasteiger partial charge >= 0.3 is 0 Å². The topological polar surface area (TPSA) is 79.9 Å². The summed E-state index contributed by atoms with van der Waals surface area (Å²) in [6, 6.07) is 5.32. The maximum atomic E-state index is 12.3. The van der Waals surface area contributed by atoms with Gasteiger partial charge in [0.05, 0.1) is 11.8 Å². The number of hydrogen-bond acceptors (Lipinski definition) is 5. The molecule has 1 saturated carbocycles. The summed E-state index contributed by atoms with van der Waals surface area (Å²) in [6.07, 6.45) is 1.51. The van der Waals surface area contributed by atoms with Crippen LogP contribution in [-0.2, 0) is 9.59 Å². The smallest absolute Gasteiger partial charge is 0.228 e. The standard InChI is InChI=1S/C18H25N3O4/c1-21(2)7-3-6-19-17(22)13-11-14(13)18(23)20-12-4-5-15-16(10-12)25-9-8-24-15/h4-5,10,13-14H,3,6-9,11H2,1-2H3,(H,19,22)(H,20,23). The first-order valence-corrected chi connectivity index (χ1v) is 8.67. The number of carbonyl (C=O) groups excluding carboxylic acids is 2. The number of nitrogens with one attached hydrogen (secondary N) is 2. The Kier molecular flexibility index (Phi) is 5.43. The van der Waals surface area contributed by atoms with E-state index in [0.717, 1.165) is 13.0 Å². The van der Waals surface area contributed by atoms with Crippen LogP contribution in [0.25, 0.3) is 0 Å². The van der Waals surface area contributed by atoms with Gasteiger partial charge in [0.2, 0.25) is 11.8 Å². The van der Waals surface area contributed by atoms with Crippen LogP contribution in [0, 0.1) is 11.8 Å². The van der Waals surface area contributed by atoms with Crippen LogP contribution >= 0.6 is 0 Å². The van der Waals surface area contributed by atoms with Crippen LogP contribution in [0.15, 0.2) is 18.2 Å². The average molecular weight is 347 g/mol. The Morgan fingerprint density at radius 3 is 2.60 bits per heavy atom. The predicted molar refractivity (Wildman–Crippen MR) is 93.8 cm³/mol. The number of anilines is 1. The maximum Gasteiger partial charge on any atom is 0.228 e. The Balaban J connectivity index is 1.44. The number of ether oxygens (including phenoxy) is 2. The summed E-state index contributed by atoms with van der Waals surface area (Å²) in [4.78, 5) is 26.5. The first kappa shape index (κ1) is 17.5. The van der Waals surface area contributed by atoms with Crippen LogP contribution in [0.2, 0.25) is 0 Å². The normalized spacial score (nSPS) is 20.9. The molecule has 2 amide bonds. The van der Waals surface area contributed by atoms with Crippen LogP contribution in [-0.4, -0.2) is 57.1 Å². The van der Waals surface area contributed by atoms with E-state index in [-0.39, 0.29) is 23.7 Å². The van der Waals surface area contributed by atoms with Gasteiger partial charge < -0.3 is 25.0 Å². The molecule has 1 aliphatic heterocycles. The van der Waals surface area contributed by atoms with Crippen molar-refractivity contribution in [1.82, 2.24) is 10.2 Å². The molecule has 0 radical (unpaired) electrons. The summed E-state index contributed by atoms with van der Waals surface area (Å²) in [5.41, 5.74) is 0.659. The second-order valence-electron chi connectivity index (χ2n) is 6.74. The van der Waals surface area contributed by atoms with E-state index in [1.165, 1.54) is 0 Å². The number of fused-ring (bicyclic) bond motifs is 1. The highest BCUT2D eigenvalue weighted by Gasteiger charge is 2.47. The van der Waals surface area contributed by atoms with Crippen LogP contribution in [0.3, 0.4) is 0 Å². The SMILES string of the molecule is CN(C)CCCNC(=O)C1CC1C(=O)Nc1ccc2c(c1)OCCO2. The highest BCUT2D eigenvalue weighted by molar-refractivity contribution is 5.99. The third kappa shape index (κ3) is 4.63. The molecule has 1 aromatic carbocycles. The number of nitrogens with zero attached hydrogens (tertiary/aromatic N) is 1. The molecule has 1 aromatic rings. The van der Waals surface area contributed by atoms with E-state index < -0.39 is 0 Å². The number of benzene rings is 1. The minimum Gasteiger partial charge on any atom is -0.486 e. The van der Waals surface area contributed by atoms with Crippen molar-refractivity contribution in [2.24, 2.45) is 11.8 Å². The van der Waals surface area contributed by atoms with Crippen molar-refractivity contribution in [1.29, 1.82) is 0 Å². The number of amides is 2. The number of rotatable bonds is 7. The lowest BCUT2D eigenvalue weighted by Crippen LogP contribution is -2.30. The van der Waals surface area contributed by atoms with Gasteiger partial charge in [0, 0.05) is 18.3 Å². The highest BCUT2D eigenvalue weighted by Crippen LogP contribution is 2.40. The molecule has 7 heteroatoms. The van der Waals surface area contributed by atoms with E-state index in [1.807, 2.05) is 14.1 Å². The molecule has 0 spiro atoms. The summed E-state index contributed by atoms with van der Waals surface area (Å²) in [6.45, 7) is 2.61. The fourth-order valence-corrected chi connectivity index (χ4v) is 2.87. The predicted octanol–water partition coefficient (Wildman–Crippen LogP) is 1.10. The molecule has 7 nitrogen and oxygen atoms in total. The molecule has 2 atom stereocenters. The Morgan fingerprint density at radius 1 is 1.12 bits per heavy atom. The minimum atomic E-state index is -0.248. The average Bonchev–Trinajstić information content (AvgIpc) is 3.39. The maximum absolute atomic E-state index is 12.3. The third-order valence-corrected chi connectivity index (χ3v) is 4.36. The second-order valence-corrected chi connectivity index (χ2v) is 6.74. The Bertz CT molecular complexity index is 647. The lowest BCUT2D eigenvalue weighted by atomic mass is 10.2. The highest BCUT2D eigenvalue weighted by atomic mass is 16.6. The zero-order valence-corrected chi connectivity index (χ0v) is 14.7. The lowest BCUT2D eigenvalue weighted by Gasteiger charge is -2.19. The van der Waals surface area contributed by atoms with Gasteiger partial charge in [0.1, 0.15) is 13.2 Å². The van der Waals surface area contributed by atoms with Crippen molar-refractivity contribution >= 4 is 17.5 Å². The van der Waals surface area contributed by atoms with Crippen LogP contribution in [0.1, 0.15) is 12.8 Å². The van der Waals surface area contributed by atoms with Crippen LogP contribution < -0.4 is 20.1 Å². The Labute approximate surface area is 147 Å². The molecule has 1 fully saturated rings. The van der Waals surface area contributed by atoms with Crippen molar-refractivity contribution < 1.29 is 19.1 Å². The van der Waals surface area contributed by atoms with Crippen molar-refractivity contribution in [2.75, 3.05) is 45.7 Å². The fraction of sp³-hybridized carbons (Fsp3) is 0.556. The van der Waals surface area contributed by atoms with Gasteiger partial charge in [0.15, 0.2) is 11.5 Å². The summed E-state index contributed by atoms with van der Waals surface area (Å²) in [5, 5.41) is 5.77. The van der Waals surface area contributed by atoms with Gasteiger partial charge in [-0.05, 0) is 45.6 Å². The fourth-order valence-electron chi connectivity index (χ4n) is 2.87. The molecule has 2 N–H and O–H groups in total. The van der Waals surface area contributed by atoms with E-state index in [1.54, 1.807) is 18.2 Å². The first-order chi connectivity index (χ1) is 12.0. The molecule has 136 valence electrons. The molecule has 1 aliphatic carbocycles. The molecule has 2 unspecified atom stereocenters. The summed E-state index contributed by atoms with van der Waals surface area (Å²) >= 11 is 0. The molecular formula is C18H25N3O4. The van der Waals surface area contributed by atoms with Gasteiger partial charge in [-0.3, -0.25) is 9.59 Å². The van der Waals surface area contributed by atoms with Gasteiger partial charge in [-0.2, -0.15) is 0 Å². The molecule has 25 heavy (non-hydrogen) atoms. The zero-order valence-electron chi connectivity index (χ0n) is 14.7. The third-order valence-electron chi connectivity index (χ3n) is 4.36. The van der Waals surface area contributed by atoms with Crippen LogP contribution in [0.5, 0.6) is 11.5 Å². The minimum absolute atomic E-state index is 0.0268. The number of carbonyl (C=O) groups is 2. The van der Waals surface area contributed by atoms with Crippen molar-refractivity contribution in [3.8, 4) is 11.5 Å². The molecule has 3 rings (SSSR count). The summed E-state index contributed by atoms with van der Waals surface area (Å²) < 4.78 is 11.0. The summed E-state index contributed by atoms with van der Waals surface area (Å²) in [7, 11) is 4.00. The molecule has 0 saturated heterocycles. The van der Waals surface area contributed by atoms with Crippen molar-refractivity contribution in [2.45, 2.75) is 12.8 Å². The first-order valence-electron chi connectivity index (χ1n) is 8.67. The number of hydrogen-bond donors (Lipinski definition) is 2. The lowest BCUT2D eigenvalue weighted by molar-refractivity contribution is -0.125. The molecular weight excluding hydrogens is 322 g/mol. The zero-order chi connectivity index (χ0) is 17.8. The van der Waals surface area contributed by atoms with Crippen molar-refractivity contribution in [3.63, 3.8) is 0 Å². The largest absolute Gasteiger partial charge is 0.486 e. The van der Waals surface area contributed by atoms with E-state index in [4.69, 9.17) is 9.47 Å². The van der Waals surface area contributed by atoms with E-state index >= 15 is 0 Å². The van der Waals surface area contributed by atoms with E-state index in [9.17, 15) is 9.59 Å². The second kappa shape index (κ2) is 7.74. The van der Waals surface area contributed by atoms with Crippen molar-refractivity contribution in [3.05, 3.63) is 18.2 Å². The van der Waals surface area contributed by atoms with Gasteiger partial charge in [-0.15, -0.1) is 0 Å². The quantitative estimate of drug-likeness (QED) is 0.722. The molecule has 0 aromatic heterocycles. The molecule has 1 heterocycles. The Hall–Kier alpha value is -2.28. The van der Waals surface area contributed by atoms with Gasteiger partial charge in [-0.1, -0.05) is 0 Å². The van der Waals surface area contributed by atoms with E-state index in [2.05, 4.69) is 15.5 Å². The van der Waals surface area contributed by atoms with Crippen LogP contribution in [0.4, 0.5) is 5.69 Å². The molecule has 0 bridgehead atoms.